The van der Waals surface area contributed by atoms with Crippen molar-refractivity contribution in [3.05, 3.63) is 23.5 Å². The zero-order valence-electron chi connectivity index (χ0n) is 9.32. The summed E-state index contributed by atoms with van der Waals surface area (Å²) in [6, 6.07) is 2.41. The maximum atomic E-state index is 13.5. The molecular formula is C11H11FO5. The highest BCUT2D eigenvalue weighted by molar-refractivity contribution is 6.33. The van der Waals surface area contributed by atoms with Crippen LogP contribution >= 0.6 is 0 Å². The normalized spacial score (nSPS) is 9.82. The average Bonchev–Trinajstić information content (AvgIpc) is 2.27. The Bertz CT molecular complexity index is 455. The van der Waals surface area contributed by atoms with Crippen LogP contribution in [0, 0.1) is 5.82 Å². The lowest BCUT2D eigenvalue weighted by Crippen LogP contribution is -2.15. The van der Waals surface area contributed by atoms with Gasteiger partial charge in [0.25, 0.3) is 0 Å². The number of hydrogen-bond acceptors (Lipinski definition) is 4. The van der Waals surface area contributed by atoms with Crippen LogP contribution in [0.1, 0.15) is 5.56 Å². The molecule has 1 aromatic carbocycles. The Morgan fingerprint density at radius 2 is 1.94 bits per heavy atom. The minimum absolute atomic E-state index is 0.0842. The van der Waals surface area contributed by atoms with Gasteiger partial charge >= 0.3 is 5.97 Å². The number of ketones is 1. The van der Waals surface area contributed by atoms with Crippen molar-refractivity contribution >= 4 is 11.8 Å². The summed E-state index contributed by atoms with van der Waals surface area (Å²) in [5, 5.41) is 8.44. The fourth-order valence-corrected chi connectivity index (χ4v) is 1.33. The first-order valence-electron chi connectivity index (χ1n) is 4.66. The maximum Gasteiger partial charge on any atom is 0.372 e. The molecule has 0 unspecified atom stereocenters. The number of ether oxygens (including phenoxy) is 2. The predicted octanol–water partition coefficient (Wildman–Crippen LogP) is 1.04. The molecule has 0 aliphatic heterocycles. The van der Waals surface area contributed by atoms with Crippen LogP contribution in [0.15, 0.2) is 12.1 Å². The van der Waals surface area contributed by atoms with E-state index in [0.717, 1.165) is 6.07 Å². The van der Waals surface area contributed by atoms with Crippen LogP contribution in [-0.2, 0) is 16.0 Å². The van der Waals surface area contributed by atoms with E-state index in [-0.39, 0.29) is 17.1 Å². The van der Waals surface area contributed by atoms with Gasteiger partial charge in [0.2, 0.25) is 5.78 Å². The van der Waals surface area contributed by atoms with Gasteiger partial charge in [-0.05, 0) is 17.7 Å². The predicted molar refractivity (Wildman–Crippen MR) is 55.9 cm³/mol. The van der Waals surface area contributed by atoms with Crippen molar-refractivity contribution in [3.8, 4) is 11.5 Å². The molecule has 0 saturated carbocycles. The van der Waals surface area contributed by atoms with E-state index in [1.165, 1.54) is 20.3 Å². The summed E-state index contributed by atoms with van der Waals surface area (Å²) in [5.41, 5.74) is 0.215. The summed E-state index contributed by atoms with van der Waals surface area (Å²) < 4.78 is 23.1. The second-order valence-corrected chi connectivity index (χ2v) is 3.22. The molecule has 0 amide bonds. The van der Waals surface area contributed by atoms with Crippen molar-refractivity contribution in [2.75, 3.05) is 14.2 Å². The van der Waals surface area contributed by atoms with E-state index in [4.69, 9.17) is 14.6 Å². The number of carbonyl (C=O) groups excluding carboxylic acids is 1. The first-order valence-corrected chi connectivity index (χ1v) is 4.66. The number of aliphatic carboxylic acids is 1. The van der Waals surface area contributed by atoms with Crippen molar-refractivity contribution in [3.63, 3.8) is 0 Å². The fourth-order valence-electron chi connectivity index (χ4n) is 1.33. The van der Waals surface area contributed by atoms with Crippen LogP contribution in [0.3, 0.4) is 0 Å². The van der Waals surface area contributed by atoms with Gasteiger partial charge in [-0.3, -0.25) is 4.79 Å². The monoisotopic (exact) mass is 242 g/mol. The molecule has 0 fully saturated rings. The Kier molecular flexibility index (Phi) is 4.03. The van der Waals surface area contributed by atoms with Crippen molar-refractivity contribution < 1.29 is 28.6 Å². The summed E-state index contributed by atoms with van der Waals surface area (Å²) >= 11 is 0. The number of methoxy groups -OCH3 is 2. The SMILES string of the molecule is COc1cc(CC(=O)C(=O)O)cc(F)c1OC. The molecule has 0 bridgehead atoms. The third-order valence-corrected chi connectivity index (χ3v) is 2.10. The lowest BCUT2D eigenvalue weighted by atomic mass is 10.1. The summed E-state index contributed by atoms with van der Waals surface area (Å²) in [4.78, 5) is 21.4. The smallest absolute Gasteiger partial charge is 0.372 e. The molecule has 1 aromatic rings. The number of Topliss-reactive ketones (excluding diaryl/α,β-unsaturated/α-hetero) is 1. The summed E-state index contributed by atoms with van der Waals surface area (Å²) in [7, 11) is 2.60. The molecule has 6 heteroatoms. The van der Waals surface area contributed by atoms with E-state index in [1.807, 2.05) is 0 Å². The lowest BCUT2D eigenvalue weighted by Gasteiger charge is -2.10. The van der Waals surface area contributed by atoms with Gasteiger partial charge in [-0.1, -0.05) is 0 Å². The number of carbonyl (C=O) groups is 2. The van der Waals surface area contributed by atoms with Gasteiger partial charge in [0, 0.05) is 6.42 Å². The summed E-state index contributed by atoms with van der Waals surface area (Å²) in [6.07, 6.45) is -0.396. The molecule has 0 aliphatic carbocycles. The molecule has 0 aliphatic rings. The Balaban J connectivity index is 3.07. The number of carboxylic acids is 1. The Morgan fingerprint density at radius 1 is 1.29 bits per heavy atom. The van der Waals surface area contributed by atoms with E-state index in [0.29, 0.717) is 0 Å². The highest BCUT2D eigenvalue weighted by Gasteiger charge is 2.17. The van der Waals surface area contributed by atoms with Crippen LogP contribution < -0.4 is 9.47 Å². The fraction of sp³-hybridized carbons (Fsp3) is 0.273. The van der Waals surface area contributed by atoms with Gasteiger partial charge in [0.05, 0.1) is 14.2 Å². The molecule has 0 spiro atoms. The Morgan fingerprint density at radius 3 is 2.41 bits per heavy atom. The first kappa shape index (κ1) is 13.0. The van der Waals surface area contributed by atoms with E-state index in [1.54, 1.807) is 0 Å². The van der Waals surface area contributed by atoms with Crippen LogP contribution in [0.25, 0.3) is 0 Å². The maximum absolute atomic E-state index is 13.5. The number of rotatable bonds is 5. The molecule has 0 heterocycles. The zero-order chi connectivity index (χ0) is 13.0. The molecule has 17 heavy (non-hydrogen) atoms. The lowest BCUT2D eigenvalue weighted by molar-refractivity contribution is -0.148. The van der Waals surface area contributed by atoms with Crippen molar-refractivity contribution in [1.82, 2.24) is 0 Å². The highest BCUT2D eigenvalue weighted by Crippen LogP contribution is 2.31. The minimum Gasteiger partial charge on any atom is -0.493 e. The van der Waals surface area contributed by atoms with E-state index in [2.05, 4.69) is 0 Å². The molecule has 0 saturated heterocycles. The van der Waals surface area contributed by atoms with Gasteiger partial charge in [-0.2, -0.15) is 0 Å². The number of benzene rings is 1. The largest absolute Gasteiger partial charge is 0.493 e. The second kappa shape index (κ2) is 5.29. The molecular weight excluding hydrogens is 231 g/mol. The molecule has 1 N–H and O–H groups in total. The van der Waals surface area contributed by atoms with Crippen LogP contribution in [0.2, 0.25) is 0 Å². The van der Waals surface area contributed by atoms with Gasteiger partial charge in [-0.25, -0.2) is 9.18 Å². The summed E-state index contributed by atoms with van der Waals surface area (Å²) in [5.74, 6) is -3.25. The molecule has 5 nitrogen and oxygen atoms in total. The van der Waals surface area contributed by atoms with E-state index < -0.39 is 24.0 Å². The van der Waals surface area contributed by atoms with Crippen molar-refractivity contribution in [2.24, 2.45) is 0 Å². The molecule has 92 valence electrons. The molecule has 1 rings (SSSR count). The first-order chi connectivity index (χ1) is 7.99. The average molecular weight is 242 g/mol. The van der Waals surface area contributed by atoms with Gasteiger partial charge < -0.3 is 14.6 Å². The topological polar surface area (TPSA) is 72.8 Å². The summed E-state index contributed by atoms with van der Waals surface area (Å²) in [6.45, 7) is 0. The van der Waals surface area contributed by atoms with Crippen molar-refractivity contribution in [2.45, 2.75) is 6.42 Å². The quantitative estimate of drug-likeness (QED) is 0.781. The van der Waals surface area contributed by atoms with Gasteiger partial charge in [0.1, 0.15) is 0 Å². The third kappa shape index (κ3) is 2.93. The highest BCUT2D eigenvalue weighted by atomic mass is 19.1. The third-order valence-electron chi connectivity index (χ3n) is 2.10. The molecule has 0 radical (unpaired) electrons. The number of carboxylic acid groups (broad SMARTS) is 1. The van der Waals surface area contributed by atoms with Crippen LogP contribution in [0.4, 0.5) is 4.39 Å². The van der Waals surface area contributed by atoms with Gasteiger partial charge in [0.15, 0.2) is 17.3 Å². The molecule has 0 atom stereocenters. The molecule has 0 aromatic heterocycles. The number of hydrogen-bond donors (Lipinski definition) is 1. The minimum atomic E-state index is -1.56. The van der Waals surface area contributed by atoms with Crippen LogP contribution in [0.5, 0.6) is 11.5 Å². The standard InChI is InChI=1S/C11H11FO5/c1-16-9-5-6(4-8(13)11(14)15)3-7(12)10(9)17-2/h3,5H,4H2,1-2H3,(H,14,15). The van der Waals surface area contributed by atoms with Crippen molar-refractivity contribution in [1.29, 1.82) is 0 Å². The Hall–Kier alpha value is -2.11. The Labute approximate surface area is 96.8 Å². The zero-order valence-corrected chi connectivity index (χ0v) is 9.32. The second-order valence-electron chi connectivity index (χ2n) is 3.22. The van der Waals surface area contributed by atoms with Gasteiger partial charge in [-0.15, -0.1) is 0 Å². The van der Waals surface area contributed by atoms with Crippen LogP contribution in [-0.4, -0.2) is 31.1 Å². The number of halogens is 1. The van der Waals surface area contributed by atoms with E-state index >= 15 is 0 Å². The van der Waals surface area contributed by atoms with E-state index in [9.17, 15) is 14.0 Å².